The highest BCUT2D eigenvalue weighted by molar-refractivity contribution is 5.94. The number of aryl methyl sites for hydroxylation is 1. The minimum absolute atomic E-state index is 0.0187. The van der Waals surface area contributed by atoms with Crippen LogP contribution in [-0.2, 0) is 25.9 Å². The van der Waals surface area contributed by atoms with Crippen LogP contribution in [0, 0.1) is 0 Å². The molecule has 1 aliphatic heterocycles. The van der Waals surface area contributed by atoms with E-state index in [1.165, 1.54) is 0 Å². The van der Waals surface area contributed by atoms with Crippen molar-refractivity contribution >= 4 is 5.91 Å². The van der Waals surface area contributed by atoms with Crippen molar-refractivity contribution in [3.05, 3.63) is 46.6 Å². The second kappa shape index (κ2) is 7.35. The molecule has 6 nitrogen and oxygen atoms in total. The van der Waals surface area contributed by atoms with Gasteiger partial charge >= 0.3 is 0 Å². The average Bonchev–Trinajstić information content (AvgIpc) is 3.03. The predicted octanol–water partition coefficient (Wildman–Crippen LogP) is 2.67. The summed E-state index contributed by atoms with van der Waals surface area (Å²) >= 11 is 0. The molecule has 2 aromatic rings. The summed E-state index contributed by atoms with van der Waals surface area (Å²) in [7, 11) is 2.07. The van der Waals surface area contributed by atoms with Gasteiger partial charge in [-0.2, -0.15) is 0 Å². The second-order valence-corrected chi connectivity index (χ2v) is 6.91. The lowest BCUT2D eigenvalue weighted by Gasteiger charge is -2.27. The third kappa shape index (κ3) is 3.74. The van der Waals surface area contributed by atoms with Crippen molar-refractivity contribution in [1.29, 1.82) is 0 Å². The summed E-state index contributed by atoms with van der Waals surface area (Å²) in [5.74, 6) is 0.931. The second-order valence-electron chi connectivity index (χ2n) is 6.91. The van der Waals surface area contributed by atoms with Crippen LogP contribution in [-0.4, -0.2) is 45.5 Å². The van der Waals surface area contributed by atoms with E-state index in [-0.39, 0.29) is 5.91 Å². The molecule has 0 radical (unpaired) electrons. The van der Waals surface area contributed by atoms with Crippen LogP contribution in [0.4, 0.5) is 0 Å². The van der Waals surface area contributed by atoms with Gasteiger partial charge in [-0.25, -0.2) is 0 Å². The molecule has 3 rings (SSSR count). The fourth-order valence-electron chi connectivity index (χ4n) is 2.92. The summed E-state index contributed by atoms with van der Waals surface area (Å²) in [5.41, 5.74) is 3.63. The molecule has 0 aromatic carbocycles. The molecule has 0 saturated heterocycles. The van der Waals surface area contributed by atoms with Crippen LogP contribution in [0.5, 0.6) is 0 Å². The molecule has 134 valence electrons. The number of rotatable bonds is 5. The van der Waals surface area contributed by atoms with Crippen molar-refractivity contribution in [3.8, 4) is 0 Å². The van der Waals surface area contributed by atoms with Crippen LogP contribution < -0.4 is 0 Å². The molecule has 25 heavy (non-hydrogen) atoms. The smallest absolute Gasteiger partial charge is 0.255 e. The van der Waals surface area contributed by atoms with Crippen molar-refractivity contribution in [2.24, 2.45) is 0 Å². The first kappa shape index (κ1) is 17.6. The molecule has 0 bridgehead atoms. The summed E-state index contributed by atoms with van der Waals surface area (Å²) in [6.07, 6.45) is 3.26. The highest BCUT2D eigenvalue weighted by Crippen LogP contribution is 2.24. The van der Waals surface area contributed by atoms with Crippen molar-refractivity contribution in [2.45, 2.75) is 52.7 Å². The quantitative estimate of drug-likeness (QED) is 0.836. The van der Waals surface area contributed by atoms with Gasteiger partial charge in [0, 0.05) is 43.0 Å². The van der Waals surface area contributed by atoms with Gasteiger partial charge < -0.3 is 9.42 Å². The Balaban J connectivity index is 1.75. The van der Waals surface area contributed by atoms with Crippen LogP contribution >= 0.6 is 0 Å². The predicted molar refractivity (Wildman–Crippen MR) is 95.2 cm³/mol. The molecule has 0 atom stereocenters. The minimum Gasteiger partial charge on any atom is -0.361 e. The van der Waals surface area contributed by atoms with Gasteiger partial charge in [0.1, 0.15) is 11.5 Å². The number of pyridine rings is 1. The maximum atomic E-state index is 12.8. The lowest BCUT2D eigenvalue weighted by atomic mass is 10.0. The summed E-state index contributed by atoms with van der Waals surface area (Å²) < 4.78 is 5.50. The monoisotopic (exact) mass is 342 g/mol. The zero-order valence-corrected chi connectivity index (χ0v) is 15.5. The molecule has 0 unspecified atom stereocenters. The highest BCUT2D eigenvalue weighted by atomic mass is 16.5. The van der Waals surface area contributed by atoms with Crippen molar-refractivity contribution in [1.82, 2.24) is 19.9 Å². The largest absolute Gasteiger partial charge is 0.361 e. The zero-order chi connectivity index (χ0) is 18.0. The molecule has 0 saturated carbocycles. The third-order valence-electron chi connectivity index (χ3n) is 4.91. The standard InChI is InChI=1S/C19H26N4O2/c1-5-15-7-6-14(10-20-15)19(24)23-9-8-18-16(11-23)17(21-25-18)12-22(4)13(2)3/h6-7,10,13H,5,8-9,11-12H2,1-4H3. The summed E-state index contributed by atoms with van der Waals surface area (Å²) in [6.45, 7) is 8.28. The molecule has 2 aromatic heterocycles. The molecule has 0 fully saturated rings. The first-order chi connectivity index (χ1) is 12.0. The van der Waals surface area contributed by atoms with Crippen molar-refractivity contribution in [3.63, 3.8) is 0 Å². The van der Waals surface area contributed by atoms with E-state index in [2.05, 4.69) is 42.9 Å². The number of amides is 1. The molecular weight excluding hydrogens is 316 g/mol. The number of nitrogens with zero attached hydrogens (tertiary/aromatic N) is 4. The number of carbonyl (C=O) groups excluding carboxylic acids is 1. The van der Waals surface area contributed by atoms with E-state index in [1.807, 2.05) is 17.0 Å². The molecule has 3 heterocycles. The normalized spacial score (nSPS) is 14.2. The number of carbonyl (C=O) groups is 1. The van der Waals surface area contributed by atoms with Crippen LogP contribution in [0.2, 0.25) is 0 Å². The Morgan fingerprint density at radius 1 is 1.40 bits per heavy atom. The van der Waals surface area contributed by atoms with E-state index in [0.29, 0.717) is 31.1 Å². The fourth-order valence-corrected chi connectivity index (χ4v) is 2.92. The maximum Gasteiger partial charge on any atom is 0.255 e. The molecule has 0 N–H and O–H groups in total. The minimum atomic E-state index is 0.0187. The zero-order valence-electron chi connectivity index (χ0n) is 15.5. The highest BCUT2D eigenvalue weighted by Gasteiger charge is 2.28. The lowest BCUT2D eigenvalue weighted by molar-refractivity contribution is 0.0728. The molecule has 6 heteroatoms. The van der Waals surface area contributed by atoms with E-state index in [4.69, 9.17) is 4.52 Å². The van der Waals surface area contributed by atoms with E-state index in [1.54, 1.807) is 6.20 Å². The van der Waals surface area contributed by atoms with E-state index in [9.17, 15) is 4.79 Å². The van der Waals surface area contributed by atoms with Crippen molar-refractivity contribution < 1.29 is 9.32 Å². The Kier molecular flexibility index (Phi) is 5.18. The molecular formula is C19H26N4O2. The third-order valence-corrected chi connectivity index (χ3v) is 4.91. The van der Waals surface area contributed by atoms with Gasteiger partial charge in [-0.1, -0.05) is 12.1 Å². The van der Waals surface area contributed by atoms with Gasteiger partial charge in [-0.15, -0.1) is 0 Å². The number of fused-ring (bicyclic) bond motifs is 1. The topological polar surface area (TPSA) is 62.5 Å². The molecule has 0 aliphatic carbocycles. The van der Waals surface area contributed by atoms with Crippen LogP contribution in [0.1, 0.15) is 53.8 Å². The van der Waals surface area contributed by atoms with Crippen LogP contribution in [0.15, 0.2) is 22.9 Å². The first-order valence-corrected chi connectivity index (χ1v) is 8.90. The van der Waals surface area contributed by atoms with Crippen LogP contribution in [0.3, 0.4) is 0 Å². The van der Waals surface area contributed by atoms with Gasteiger partial charge in [-0.05, 0) is 39.4 Å². The summed E-state index contributed by atoms with van der Waals surface area (Å²) in [4.78, 5) is 21.2. The molecule has 1 aliphatic rings. The van der Waals surface area contributed by atoms with Crippen LogP contribution in [0.25, 0.3) is 0 Å². The van der Waals surface area contributed by atoms with Gasteiger partial charge in [0.15, 0.2) is 0 Å². The first-order valence-electron chi connectivity index (χ1n) is 8.90. The Labute approximate surface area is 148 Å². The van der Waals surface area contributed by atoms with E-state index in [0.717, 1.165) is 35.7 Å². The lowest BCUT2D eigenvalue weighted by Crippen LogP contribution is -2.36. The van der Waals surface area contributed by atoms with Gasteiger partial charge in [0.2, 0.25) is 0 Å². The van der Waals surface area contributed by atoms with Crippen molar-refractivity contribution in [2.75, 3.05) is 13.6 Å². The Bertz CT molecular complexity index is 736. The average molecular weight is 342 g/mol. The molecule has 1 amide bonds. The number of hydrogen-bond donors (Lipinski definition) is 0. The molecule has 0 spiro atoms. The van der Waals surface area contributed by atoms with Gasteiger partial charge in [0.25, 0.3) is 5.91 Å². The van der Waals surface area contributed by atoms with E-state index < -0.39 is 0 Å². The Morgan fingerprint density at radius 2 is 2.20 bits per heavy atom. The number of hydrogen-bond acceptors (Lipinski definition) is 5. The summed E-state index contributed by atoms with van der Waals surface area (Å²) in [6, 6.07) is 4.22. The summed E-state index contributed by atoms with van der Waals surface area (Å²) in [5, 5.41) is 4.24. The van der Waals surface area contributed by atoms with Gasteiger partial charge in [-0.3, -0.25) is 14.7 Å². The van der Waals surface area contributed by atoms with E-state index >= 15 is 0 Å². The SMILES string of the molecule is CCc1ccc(C(=O)N2CCc3onc(CN(C)C(C)C)c3C2)cn1. The maximum absolute atomic E-state index is 12.8. The number of aromatic nitrogens is 2. The van der Waals surface area contributed by atoms with Gasteiger partial charge in [0.05, 0.1) is 12.1 Å². The fraction of sp³-hybridized carbons (Fsp3) is 0.526. The Morgan fingerprint density at radius 3 is 2.84 bits per heavy atom. The Hall–Kier alpha value is -2.21.